The molecule has 2 N–H and O–H groups in total. The van der Waals surface area contributed by atoms with Gasteiger partial charge in [-0.25, -0.2) is 4.39 Å². The summed E-state index contributed by atoms with van der Waals surface area (Å²) < 4.78 is 18.6. The summed E-state index contributed by atoms with van der Waals surface area (Å²) >= 11 is 6.45. The Morgan fingerprint density at radius 1 is 1.41 bits per heavy atom. The second kappa shape index (κ2) is 5.25. The van der Waals surface area contributed by atoms with Gasteiger partial charge in [0.15, 0.2) is 0 Å². The van der Waals surface area contributed by atoms with Crippen molar-refractivity contribution in [3.05, 3.63) is 52.0 Å². The third kappa shape index (κ3) is 3.01. The highest BCUT2D eigenvalue weighted by atomic mass is 32.1. The first-order chi connectivity index (χ1) is 8.16. The summed E-state index contributed by atoms with van der Waals surface area (Å²) in [6.45, 7) is 0.429. The Kier molecular flexibility index (Phi) is 3.71. The van der Waals surface area contributed by atoms with E-state index in [9.17, 15) is 4.39 Å². The molecular weight excluding hydrogens is 257 g/mol. The molecule has 88 valence electrons. The molecule has 0 atom stereocenters. The highest BCUT2D eigenvalue weighted by molar-refractivity contribution is 7.80. The van der Waals surface area contributed by atoms with Gasteiger partial charge in [0.05, 0.1) is 5.56 Å². The van der Waals surface area contributed by atoms with Crippen LogP contribution in [0.3, 0.4) is 0 Å². The molecule has 0 aliphatic carbocycles. The summed E-state index contributed by atoms with van der Waals surface area (Å²) in [4.78, 5) is 1.22. The molecule has 0 amide bonds. The Morgan fingerprint density at radius 3 is 2.88 bits per heavy atom. The van der Waals surface area contributed by atoms with Crippen LogP contribution in [-0.4, -0.2) is 4.99 Å². The molecule has 0 aliphatic heterocycles. The van der Waals surface area contributed by atoms with Crippen molar-refractivity contribution in [3.63, 3.8) is 0 Å². The molecule has 2 nitrogen and oxygen atoms in total. The molecule has 1 aromatic carbocycles. The van der Waals surface area contributed by atoms with Crippen molar-refractivity contribution in [2.45, 2.75) is 6.61 Å². The van der Waals surface area contributed by atoms with Gasteiger partial charge in [0.1, 0.15) is 23.2 Å². The fraction of sp³-hybridized carbons (Fsp3) is 0.0833. The van der Waals surface area contributed by atoms with Gasteiger partial charge in [0.25, 0.3) is 0 Å². The second-order valence-electron chi connectivity index (χ2n) is 3.37. The summed E-state index contributed by atoms with van der Waals surface area (Å²) in [7, 11) is 0. The van der Waals surface area contributed by atoms with Gasteiger partial charge in [-0.3, -0.25) is 0 Å². The van der Waals surface area contributed by atoms with Crippen LogP contribution in [0.4, 0.5) is 4.39 Å². The molecule has 0 fully saturated rings. The van der Waals surface area contributed by atoms with E-state index >= 15 is 0 Å². The molecule has 0 bridgehead atoms. The van der Waals surface area contributed by atoms with E-state index in [0.29, 0.717) is 17.9 Å². The van der Waals surface area contributed by atoms with Gasteiger partial charge < -0.3 is 10.5 Å². The van der Waals surface area contributed by atoms with Gasteiger partial charge in [-0.1, -0.05) is 18.3 Å². The normalized spacial score (nSPS) is 10.2. The standard InChI is InChI=1S/C12H10FNOS2/c13-8-3-4-11(10(6-8)12(14)16)15-7-9-2-1-5-17-9/h1-6H,7H2,(H2,14,16). The Balaban J connectivity index is 2.17. The Labute approximate surface area is 108 Å². The minimum Gasteiger partial charge on any atom is -0.487 e. The van der Waals surface area contributed by atoms with E-state index in [1.54, 1.807) is 11.3 Å². The number of rotatable bonds is 4. The van der Waals surface area contributed by atoms with Crippen molar-refractivity contribution in [2.24, 2.45) is 5.73 Å². The molecule has 0 radical (unpaired) electrons. The van der Waals surface area contributed by atoms with E-state index in [4.69, 9.17) is 22.7 Å². The van der Waals surface area contributed by atoms with Crippen LogP contribution in [0.1, 0.15) is 10.4 Å². The zero-order valence-electron chi connectivity index (χ0n) is 8.85. The number of thiocarbonyl (C=S) groups is 1. The Hall–Kier alpha value is -1.46. The molecule has 0 saturated heterocycles. The van der Waals surface area contributed by atoms with Gasteiger partial charge in [0, 0.05) is 4.88 Å². The Morgan fingerprint density at radius 2 is 2.24 bits per heavy atom. The van der Waals surface area contributed by atoms with E-state index in [1.165, 1.54) is 18.2 Å². The highest BCUT2D eigenvalue weighted by Crippen LogP contribution is 2.21. The summed E-state index contributed by atoms with van der Waals surface area (Å²) in [5, 5.41) is 1.97. The monoisotopic (exact) mass is 267 g/mol. The van der Waals surface area contributed by atoms with Gasteiger partial charge in [-0.05, 0) is 29.6 Å². The number of thiophene rings is 1. The first kappa shape index (κ1) is 12.0. The number of ether oxygens (including phenoxy) is 1. The molecule has 1 aromatic heterocycles. The molecule has 0 spiro atoms. The van der Waals surface area contributed by atoms with Crippen LogP contribution >= 0.6 is 23.6 Å². The quantitative estimate of drug-likeness (QED) is 0.865. The van der Waals surface area contributed by atoms with E-state index in [2.05, 4.69) is 0 Å². The van der Waals surface area contributed by atoms with Crippen LogP contribution in [0.2, 0.25) is 0 Å². The zero-order chi connectivity index (χ0) is 12.3. The van der Waals surface area contributed by atoms with Crippen LogP contribution < -0.4 is 10.5 Å². The average molecular weight is 267 g/mol. The lowest BCUT2D eigenvalue weighted by Gasteiger charge is -2.09. The molecule has 0 unspecified atom stereocenters. The van der Waals surface area contributed by atoms with Crippen LogP contribution in [0.15, 0.2) is 35.7 Å². The predicted octanol–water partition coefficient (Wildman–Crippen LogP) is 3.10. The van der Waals surface area contributed by atoms with Crippen LogP contribution in [-0.2, 0) is 6.61 Å². The smallest absolute Gasteiger partial charge is 0.130 e. The van der Waals surface area contributed by atoms with Crippen molar-refractivity contribution in [1.29, 1.82) is 0 Å². The molecule has 0 saturated carbocycles. The minimum atomic E-state index is -0.378. The van der Waals surface area contributed by atoms with Crippen LogP contribution in [0.5, 0.6) is 5.75 Å². The summed E-state index contributed by atoms with van der Waals surface area (Å²) in [5.41, 5.74) is 5.95. The molecule has 17 heavy (non-hydrogen) atoms. The number of nitrogens with two attached hydrogens (primary N) is 1. The number of halogens is 1. The van der Waals surface area contributed by atoms with Crippen molar-refractivity contribution in [3.8, 4) is 5.75 Å². The summed E-state index contributed by atoms with van der Waals surface area (Å²) in [6, 6.07) is 8.06. The van der Waals surface area contributed by atoms with Gasteiger partial charge in [0.2, 0.25) is 0 Å². The maximum atomic E-state index is 13.1. The first-order valence-electron chi connectivity index (χ1n) is 4.91. The number of benzene rings is 1. The Bertz CT molecular complexity index is 525. The lowest BCUT2D eigenvalue weighted by atomic mass is 10.2. The van der Waals surface area contributed by atoms with Crippen LogP contribution in [0, 0.1) is 5.82 Å². The van der Waals surface area contributed by atoms with E-state index < -0.39 is 0 Å². The maximum Gasteiger partial charge on any atom is 0.130 e. The number of hydrogen-bond acceptors (Lipinski definition) is 3. The summed E-state index contributed by atoms with van der Waals surface area (Å²) in [6.07, 6.45) is 0. The lowest BCUT2D eigenvalue weighted by molar-refractivity contribution is 0.309. The minimum absolute atomic E-state index is 0.130. The highest BCUT2D eigenvalue weighted by Gasteiger charge is 2.08. The molecule has 1 heterocycles. The largest absolute Gasteiger partial charge is 0.487 e. The fourth-order valence-electron chi connectivity index (χ4n) is 1.36. The van der Waals surface area contributed by atoms with Gasteiger partial charge >= 0.3 is 0 Å². The zero-order valence-corrected chi connectivity index (χ0v) is 10.5. The topological polar surface area (TPSA) is 35.2 Å². The van der Waals surface area contributed by atoms with Crippen molar-refractivity contribution >= 4 is 28.5 Å². The first-order valence-corrected chi connectivity index (χ1v) is 6.20. The molecule has 5 heteroatoms. The van der Waals surface area contributed by atoms with E-state index in [0.717, 1.165) is 4.88 Å². The molecule has 2 rings (SSSR count). The SMILES string of the molecule is NC(=S)c1cc(F)ccc1OCc1cccs1. The second-order valence-corrected chi connectivity index (χ2v) is 4.84. The average Bonchev–Trinajstić information content (AvgIpc) is 2.80. The third-order valence-electron chi connectivity index (χ3n) is 2.16. The fourth-order valence-corrected chi connectivity index (χ4v) is 2.14. The predicted molar refractivity (Wildman–Crippen MR) is 70.9 cm³/mol. The van der Waals surface area contributed by atoms with Crippen molar-refractivity contribution < 1.29 is 9.13 Å². The molecule has 0 aliphatic rings. The van der Waals surface area contributed by atoms with Crippen molar-refractivity contribution in [2.75, 3.05) is 0 Å². The third-order valence-corrected chi connectivity index (χ3v) is 3.23. The van der Waals surface area contributed by atoms with E-state index in [-0.39, 0.29) is 10.8 Å². The summed E-state index contributed by atoms with van der Waals surface area (Å²) in [5.74, 6) is 0.128. The number of hydrogen-bond donors (Lipinski definition) is 1. The molecular formula is C12H10FNOS2. The van der Waals surface area contributed by atoms with Gasteiger partial charge in [-0.15, -0.1) is 11.3 Å². The molecule has 2 aromatic rings. The van der Waals surface area contributed by atoms with E-state index in [1.807, 2.05) is 17.5 Å². The van der Waals surface area contributed by atoms with Crippen LogP contribution in [0.25, 0.3) is 0 Å². The van der Waals surface area contributed by atoms with Gasteiger partial charge in [-0.2, -0.15) is 0 Å². The maximum absolute atomic E-state index is 13.1. The van der Waals surface area contributed by atoms with Crippen molar-refractivity contribution in [1.82, 2.24) is 0 Å². The lowest BCUT2D eigenvalue weighted by Crippen LogP contribution is -2.12.